The van der Waals surface area contributed by atoms with Crippen molar-refractivity contribution in [3.8, 4) is 33.8 Å². The van der Waals surface area contributed by atoms with Gasteiger partial charge in [0.2, 0.25) is 0 Å². The lowest BCUT2D eigenvalue weighted by molar-refractivity contribution is 0.298. The summed E-state index contributed by atoms with van der Waals surface area (Å²) >= 11 is 0. The Labute approximate surface area is 245 Å². The topological polar surface area (TPSA) is 18.5 Å². The zero-order chi connectivity index (χ0) is 28.1. The highest BCUT2D eigenvalue weighted by molar-refractivity contribution is 5.81. The summed E-state index contributed by atoms with van der Waals surface area (Å²) in [7, 11) is 0. The van der Waals surface area contributed by atoms with E-state index < -0.39 is 0 Å². The van der Waals surface area contributed by atoms with E-state index in [1.165, 1.54) is 101 Å². The Morgan fingerprint density at radius 3 is 1.07 bits per heavy atom. The van der Waals surface area contributed by atoms with Gasteiger partial charge in [-0.1, -0.05) is 164 Å². The Balaban J connectivity index is 1.67. The molecule has 0 aliphatic heterocycles. The van der Waals surface area contributed by atoms with Crippen LogP contribution in [0.3, 0.4) is 0 Å². The lowest BCUT2D eigenvalue weighted by Gasteiger charge is -2.18. The maximum Gasteiger partial charge on any atom is 0.128 e. The van der Waals surface area contributed by atoms with E-state index in [0.717, 1.165) is 48.7 Å². The molecule has 0 fully saturated rings. The molecule has 0 heterocycles. The molecule has 0 unspecified atom stereocenters. The highest BCUT2D eigenvalue weighted by Gasteiger charge is 2.15. The van der Waals surface area contributed by atoms with E-state index >= 15 is 0 Å². The monoisotopic (exact) mass is 542 g/mol. The molecule has 0 aromatic heterocycles. The van der Waals surface area contributed by atoms with E-state index in [0.29, 0.717) is 0 Å². The second kappa shape index (κ2) is 20.2. The fourth-order valence-electron chi connectivity index (χ4n) is 5.32. The Kier molecular flexibility index (Phi) is 16.0. The van der Waals surface area contributed by atoms with Gasteiger partial charge in [0, 0.05) is 11.1 Å². The Morgan fingerprint density at radius 2 is 0.725 bits per heavy atom. The minimum absolute atomic E-state index is 0.751. The largest absolute Gasteiger partial charge is 0.493 e. The van der Waals surface area contributed by atoms with Crippen molar-refractivity contribution in [2.75, 3.05) is 13.2 Å². The summed E-state index contributed by atoms with van der Waals surface area (Å²) in [5.74, 6) is 1.90. The van der Waals surface area contributed by atoms with Gasteiger partial charge in [-0.05, 0) is 36.1 Å². The molecule has 0 saturated heterocycles. The number of hydrogen-bond acceptors (Lipinski definition) is 2. The first-order valence-electron chi connectivity index (χ1n) is 16.4. The van der Waals surface area contributed by atoms with Crippen LogP contribution in [0.1, 0.15) is 117 Å². The molecular formula is C38H54O2. The van der Waals surface area contributed by atoms with Gasteiger partial charge in [-0.3, -0.25) is 0 Å². The summed E-state index contributed by atoms with van der Waals surface area (Å²) in [6, 6.07) is 25.7. The van der Waals surface area contributed by atoms with E-state index in [4.69, 9.17) is 9.47 Å². The van der Waals surface area contributed by atoms with Crippen LogP contribution in [-0.4, -0.2) is 13.2 Å². The lowest BCUT2D eigenvalue weighted by atomic mass is 9.98. The molecule has 0 aliphatic carbocycles. The van der Waals surface area contributed by atoms with Gasteiger partial charge in [0.05, 0.1) is 13.2 Å². The van der Waals surface area contributed by atoms with Crippen LogP contribution < -0.4 is 9.47 Å². The molecule has 40 heavy (non-hydrogen) atoms. The molecule has 218 valence electrons. The van der Waals surface area contributed by atoms with E-state index in [9.17, 15) is 0 Å². The van der Waals surface area contributed by atoms with Crippen molar-refractivity contribution < 1.29 is 9.47 Å². The maximum absolute atomic E-state index is 6.50. The average molecular weight is 543 g/mol. The molecule has 0 spiro atoms. The van der Waals surface area contributed by atoms with Gasteiger partial charge < -0.3 is 9.47 Å². The number of rotatable bonds is 22. The third-order valence-corrected chi connectivity index (χ3v) is 7.76. The smallest absolute Gasteiger partial charge is 0.128 e. The van der Waals surface area contributed by atoms with Gasteiger partial charge in [0.15, 0.2) is 0 Å². The summed E-state index contributed by atoms with van der Waals surface area (Å²) in [4.78, 5) is 0. The quantitative estimate of drug-likeness (QED) is 0.118. The van der Waals surface area contributed by atoms with Crippen molar-refractivity contribution in [3.63, 3.8) is 0 Å². The van der Waals surface area contributed by atoms with E-state index in [1.807, 2.05) is 0 Å². The first kappa shape index (κ1) is 31.8. The summed E-state index contributed by atoms with van der Waals surface area (Å²) in [5.41, 5.74) is 4.58. The zero-order valence-corrected chi connectivity index (χ0v) is 25.5. The van der Waals surface area contributed by atoms with Crippen molar-refractivity contribution in [2.24, 2.45) is 0 Å². The summed E-state index contributed by atoms with van der Waals surface area (Å²) in [5, 5.41) is 0. The molecule has 3 aromatic carbocycles. The predicted molar refractivity (Wildman–Crippen MR) is 174 cm³/mol. The van der Waals surface area contributed by atoms with Gasteiger partial charge in [-0.2, -0.15) is 0 Å². The minimum Gasteiger partial charge on any atom is -0.493 e. The zero-order valence-electron chi connectivity index (χ0n) is 25.5. The van der Waals surface area contributed by atoms with Crippen molar-refractivity contribution in [1.82, 2.24) is 0 Å². The summed E-state index contributed by atoms with van der Waals surface area (Å²) < 4.78 is 13.0. The highest BCUT2D eigenvalue weighted by atomic mass is 16.5. The Hall–Kier alpha value is -2.74. The van der Waals surface area contributed by atoms with Crippen LogP contribution in [0, 0.1) is 0 Å². The van der Waals surface area contributed by atoms with Crippen molar-refractivity contribution >= 4 is 0 Å². The second-order valence-corrected chi connectivity index (χ2v) is 11.2. The van der Waals surface area contributed by atoms with E-state index in [-0.39, 0.29) is 0 Å². The molecule has 0 atom stereocenters. The van der Waals surface area contributed by atoms with Crippen molar-refractivity contribution in [1.29, 1.82) is 0 Å². The van der Waals surface area contributed by atoms with Crippen LogP contribution in [-0.2, 0) is 0 Å². The molecule has 0 N–H and O–H groups in total. The Morgan fingerprint density at radius 1 is 0.400 bits per heavy atom. The normalized spacial score (nSPS) is 11.1. The van der Waals surface area contributed by atoms with Crippen LogP contribution in [0.25, 0.3) is 22.3 Å². The first-order chi connectivity index (χ1) is 19.8. The molecule has 0 radical (unpaired) electrons. The second-order valence-electron chi connectivity index (χ2n) is 11.2. The fourth-order valence-corrected chi connectivity index (χ4v) is 5.32. The van der Waals surface area contributed by atoms with Gasteiger partial charge in [-0.25, -0.2) is 0 Å². The summed E-state index contributed by atoms with van der Waals surface area (Å²) in [6.07, 6.45) is 20.8. The lowest BCUT2D eigenvalue weighted by Crippen LogP contribution is -2.03. The van der Waals surface area contributed by atoms with Gasteiger partial charge in [0.25, 0.3) is 0 Å². The Bertz CT molecular complexity index is 943. The van der Waals surface area contributed by atoms with Crippen LogP contribution in [0.2, 0.25) is 0 Å². The first-order valence-corrected chi connectivity index (χ1v) is 16.4. The molecule has 0 amide bonds. The third-order valence-electron chi connectivity index (χ3n) is 7.76. The number of hydrogen-bond donors (Lipinski definition) is 0. The predicted octanol–water partition coefficient (Wildman–Crippen LogP) is 12.1. The molecule has 2 nitrogen and oxygen atoms in total. The van der Waals surface area contributed by atoms with E-state index in [2.05, 4.69) is 86.6 Å². The van der Waals surface area contributed by atoms with Crippen molar-refractivity contribution in [2.45, 2.75) is 117 Å². The van der Waals surface area contributed by atoms with Crippen LogP contribution in [0.5, 0.6) is 11.5 Å². The standard InChI is InChI=1S/C38H54O2/c1-3-5-7-9-11-13-15-23-29-39-37-31-36(34-27-21-18-22-28-34)38(32-35(37)33-25-19-17-20-26-33)40-30-24-16-14-12-10-8-6-4-2/h17-22,25-28,31-32H,3-16,23-24,29-30H2,1-2H3. The minimum atomic E-state index is 0.751. The summed E-state index contributed by atoms with van der Waals surface area (Å²) in [6.45, 7) is 6.06. The van der Waals surface area contributed by atoms with Crippen molar-refractivity contribution in [3.05, 3.63) is 72.8 Å². The number of ether oxygens (including phenoxy) is 2. The molecule has 3 rings (SSSR count). The third kappa shape index (κ3) is 11.8. The fraction of sp³-hybridized carbons (Fsp3) is 0.526. The molecule has 0 bridgehead atoms. The van der Waals surface area contributed by atoms with Gasteiger partial charge in [-0.15, -0.1) is 0 Å². The SMILES string of the molecule is CCCCCCCCCCOc1cc(-c2ccccc2)c(OCCCCCCCCCC)cc1-c1ccccc1. The van der Waals surface area contributed by atoms with Gasteiger partial charge in [0.1, 0.15) is 11.5 Å². The average Bonchev–Trinajstić information content (AvgIpc) is 3.00. The van der Waals surface area contributed by atoms with Crippen LogP contribution in [0.4, 0.5) is 0 Å². The molecule has 0 saturated carbocycles. The van der Waals surface area contributed by atoms with Gasteiger partial charge >= 0.3 is 0 Å². The molecule has 2 heteroatoms. The molecule has 3 aromatic rings. The van der Waals surface area contributed by atoms with Crippen LogP contribution in [0.15, 0.2) is 72.8 Å². The maximum atomic E-state index is 6.50. The molecular weight excluding hydrogens is 488 g/mol. The highest BCUT2D eigenvalue weighted by Crippen LogP contribution is 2.41. The molecule has 0 aliphatic rings. The van der Waals surface area contributed by atoms with Crippen LogP contribution >= 0.6 is 0 Å². The van der Waals surface area contributed by atoms with E-state index in [1.54, 1.807) is 0 Å². The number of unbranched alkanes of at least 4 members (excludes halogenated alkanes) is 14. The number of benzene rings is 3.